The minimum absolute atomic E-state index is 0.577. The third-order valence-corrected chi connectivity index (χ3v) is 13.3. The Morgan fingerprint density at radius 2 is 0.364 bits per heavy atom. The van der Waals surface area contributed by atoms with Crippen molar-refractivity contribution < 1.29 is 0 Å². The fourth-order valence-corrected chi connectivity index (χ4v) is 10.1. The van der Waals surface area contributed by atoms with E-state index in [0.717, 1.165) is 66.2 Å². The Balaban J connectivity index is 1.16. The van der Waals surface area contributed by atoms with Crippen molar-refractivity contribution in [3.8, 4) is 0 Å². The second-order valence-corrected chi connectivity index (χ2v) is 17.0. The zero-order valence-electron chi connectivity index (χ0n) is 35.9. The van der Waals surface area contributed by atoms with Crippen LogP contribution in [0.2, 0.25) is 0 Å². The Bertz CT molecular complexity index is 3250. The summed E-state index contributed by atoms with van der Waals surface area (Å²) < 4.78 is 13.9. The van der Waals surface area contributed by atoms with Gasteiger partial charge in [-0.25, -0.2) is 29.9 Å². The van der Waals surface area contributed by atoms with E-state index in [4.69, 9.17) is 29.9 Å². The highest BCUT2D eigenvalue weighted by atomic mass is 15.1. The molecule has 0 N–H and O–H groups in total. The number of aromatic nitrogens is 12. The SMILES string of the molecule is c1ccc2c(c1)ncn2Cc1c(Cn2cnc3ccccc32)c(Cn2cnc3ccccc32)c(Cn2cnc3ccccc32)c(Cn2cnc3ccccc32)c1Cn1cnc2ccccc21. The van der Waals surface area contributed by atoms with E-state index in [1.807, 2.05) is 38.0 Å². The Hall–Kier alpha value is -8.64. The second kappa shape index (κ2) is 15.6. The molecule has 0 spiro atoms. The fraction of sp³-hybridized carbons (Fsp3) is 0.111. The van der Waals surface area contributed by atoms with E-state index in [1.165, 1.54) is 33.4 Å². The van der Waals surface area contributed by atoms with Crippen LogP contribution in [0.3, 0.4) is 0 Å². The molecule has 66 heavy (non-hydrogen) atoms. The molecular formula is C54H42N12. The molecule has 0 saturated heterocycles. The molecule has 0 atom stereocenters. The summed E-state index contributed by atoms with van der Waals surface area (Å²) in [7, 11) is 0. The van der Waals surface area contributed by atoms with E-state index in [-0.39, 0.29) is 0 Å². The maximum Gasteiger partial charge on any atom is 0.0961 e. The number of rotatable bonds is 12. The Morgan fingerprint density at radius 1 is 0.212 bits per heavy atom. The second-order valence-electron chi connectivity index (χ2n) is 17.0. The lowest BCUT2D eigenvalue weighted by Gasteiger charge is -2.29. The van der Waals surface area contributed by atoms with Crippen LogP contribution in [0.25, 0.3) is 66.2 Å². The Morgan fingerprint density at radius 3 is 0.530 bits per heavy atom. The zero-order valence-corrected chi connectivity index (χ0v) is 35.9. The van der Waals surface area contributed by atoms with Crippen LogP contribution in [0.1, 0.15) is 33.4 Å². The zero-order chi connectivity index (χ0) is 43.6. The molecule has 318 valence electrons. The molecule has 7 aromatic carbocycles. The molecule has 0 bridgehead atoms. The number of nitrogens with zero attached hydrogens (tertiary/aromatic N) is 12. The molecule has 0 unspecified atom stereocenters. The summed E-state index contributed by atoms with van der Waals surface area (Å²) in [6.45, 7) is 3.46. The van der Waals surface area contributed by atoms with Crippen LogP contribution in [-0.4, -0.2) is 57.3 Å². The van der Waals surface area contributed by atoms with Gasteiger partial charge in [-0.05, 0) is 106 Å². The Kier molecular flexibility index (Phi) is 8.93. The van der Waals surface area contributed by atoms with Crippen molar-refractivity contribution in [2.24, 2.45) is 0 Å². The van der Waals surface area contributed by atoms with Crippen LogP contribution in [-0.2, 0) is 39.3 Å². The van der Waals surface area contributed by atoms with Crippen molar-refractivity contribution in [3.63, 3.8) is 0 Å². The Labute approximate surface area is 378 Å². The number of hydrogen-bond acceptors (Lipinski definition) is 6. The number of imidazole rings is 6. The summed E-state index contributed by atoms with van der Waals surface area (Å²) in [5, 5.41) is 0. The van der Waals surface area contributed by atoms with E-state index >= 15 is 0 Å². The lowest BCUT2D eigenvalue weighted by molar-refractivity contribution is 0.680. The van der Waals surface area contributed by atoms with Gasteiger partial charge in [0, 0.05) is 39.3 Å². The van der Waals surface area contributed by atoms with Gasteiger partial charge >= 0.3 is 0 Å². The first-order valence-corrected chi connectivity index (χ1v) is 22.3. The van der Waals surface area contributed by atoms with Gasteiger partial charge in [-0.3, -0.25) is 0 Å². The summed E-state index contributed by atoms with van der Waals surface area (Å²) in [6, 6.07) is 50.5. The number of fused-ring (bicyclic) bond motifs is 6. The van der Waals surface area contributed by atoms with Gasteiger partial charge in [0.05, 0.1) is 104 Å². The summed E-state index contributed by atoms with van der Waals surface area (Å²) in [6.07, 6.45) is 12.0. The van der Waals surface area contributed by atoms with Crippen LogP contribution >= 0.6 is 0 Å². The molecule has 6 aromatic heterocycles. The highest BCUT2D eigenvalue weighted by Crippen LogP contribution is 2.37. The van der Waals surface area contributed by atoms with Crippen LogP contribution in [0.4, 0.5) is 0 Å². The molecule has 0 fully saturated rings. The lowest BCUT2D eigenvalue weighted by atomic mass is 9.85. The highest BCUT2D eigenvalue weighted by Gasteiger charge is 2.28. The minimum Gasteiger partial charge on any atom is -0.326 e. The molecule has 0 radical (unpaired) electrons. The maximum absolute atomic E-state index is 4.94. The van der Waals surface area contributed by atoms with Crippen molar-refractivity contribution in [1.82, 2.24) is 57.3 Å². The molecule has 0 aliphatic carbocycles. The van der Waals surface area contributed by atoms with Gasteiger partial charge in [-0.1, -0.05) is 72.8 Å². The highest BCUT2D eigenvalue weighted by molar-refractivity contribution is 5.79. The van der Waals surface area contributed by atoms with Gasteiger partial charge in [0.2, 0.25) is 0 Å². The van der Waals surface area contributed by atoms with E-state index in [2.05, 4.69) is 173 Å². The van der Waals surface area contributed by atoms with Crippen LogP contribution in [0.5, 0.6) is 0 Å². The molecule has 0 aliphatic heterocycles. The van der Waals surface area contributed by atoms with Crippen molar-refractivity contribution in [2.45, 2.75) is 39.3 Å². The topological polar surface area (TPSA) is 107 Å². The first-order chi connectivity index (χ1) is 32.7. The van der Waals surface area contributed by atoms with Gasteiger partial charge in [0.15, 0.2) is 0 Å². The number of hydrogen-bond donors (Lipinski definition) is 0. The quantitative estimate of drug-likeness (QED) is 0.121. The smallest absolute Gasteiger partial charge is 0.0961 e. The third kappa shape index (κ3) is 6.44. The molecule has 12 heteroatoms. The van der Waals surface area contributed by atoms with Gasteiger partial charge in [-0.2, -0.15) is 0 Å². The molecular weight excluding hydrogens is 817 g/mol. The molecule has 6 heterocycles. The standard InChI is InChI=1S/C54H42N12/c1-7-19-49-43(13-1)55-31-61(49)25-37-38(26-62-32-56-44-14-2-8-20-50(44)62)40(28-64-34-58-46-16-4-10-22-52(46)64)42(30-66-36-60-48-18-6-12-24-54(48)66)41(29-65-35-59-47-17-5-11-23-53(47)65)39(37)27-63-33-57-45-15-3-9-21-51(45)63/h1-24,31-36H,25-30H2. The van der Waals surface area contributed by atoms with Crippen LogP contribution in [0, 0.1) is 0 Å². The first kappa shape index (κ1) is 37.9. The predicted molar refractivity (Wildman–Crippen MR) is 259 cm³/mol. The molecule has 0 saturated carbocycles. The minimum atomic E-state index is 0.577. The van der Waals surface area contributed by atoms with Crippen molar-refractivity contribution >= 4 is 66.2 Å². The van der Waals surface area contributed by atoms with Gasteiger partial charge in [0.1, 0.15) is 0 Å². The largest absolute Gasteiger partial charge is 0.326 e. The predicted octanol–water partition coefficient (Wildman–Crippen LogP) is 10.1. The normalized spacial score (nSPS) is 12.0. The fourth-order valence-electron chi connectivity index (χ4n) is 10.1. The van der Waals surface area contributed by atoms with Crippen LogP contribution < -0.4 is 0 Å². The number of benzene rings is 7. The monoisotopic (exact) mass is 858 g/mol. The van der Waals surface area contributed by atoms with E-state index in [9.17, 15) is 0 Å². The average molecular weight is 859 g/mol. The first-order valence-electron chi connectivity index (χ1n) is 22.3. The molecule has 0 amide bonds. The average Bonchev–Trinajstić information content (AvgIpc) is 4.24. The van der Waals surface area contributed by atoms with Gasteiger partial charge in [0.25, 0.3) is 0 Å². The van der Waals surface area contributed by atoms with E-state index in [1.54, 1.807) is 0 Å². The molecule has 13 aromatic rings. The lowest BCUT2D eigenvalue weighted by Crippen LogP contribution is -2.22. The summed E-state index contributed by atoms with van der Waals surface area (Å²) in [4.78, 5) is 29.6. The van der Waals surface area contributed by atoms with Gasteiger partial charge < -0.3 is 27.4 Å². The summed E-state index contributed by atoms with van der Waals surface area (Å²) in [5.41, 5.74) is 19.6. The molecule has 0 aliphatic rings. The number of para-hydroxylation sites is 12. The van der Waals surface area contributed by atoms with E-state index in [0.29, 0.717) is 39.3 Å². The summed E-state index contributed by atoms with van der Waals surface area (Å²) >= 11 is 0. The van der Waals surface area contributed by atoms with Crippen molar-refractivity contribution in [1.29, 1.82) is 0 Å². The summed E-state index contributed by atoms with van der Waals surface area (Å²) in [5.74, 6) is 0. The molecule has 12 nitrogen and oxygen atoms in total. The van der Waals surface area contributed by atoms with E-state index < -0.39 is 0 Å². The van der Waals surface area contributed by atoms with Gasteiger partial charge in [-0.15, -0.1) is 0 Å². The maximum atomic E-state index is 4.94. The third-order valence-electron chi connectivity index (χ3n) is 13.3. The molecule has 13 rings (SSSR count). The van der Waals surface area contributed by atoms with Crippen LogP contribution in [0.15, 0.2) is 184 Å². The van der Waals surface area contributed by atoms with Crippen molar-refractivity contribution in [2.75, 3.05) is 0 Å². The van der Waals surface area contributed by atoms with Crippen molar-refractivity contribution in [3.05, 3.63) is 217 Å².